The fourth-order valence-corrected chi connectivity index (χ4v) is 4.19. The fraction of sp³-hybridized carbons (Fsp3) is 0.478. The van der Waals surface area contributed by atoms with Crippen LogP contribution in [0.15, 0.2) is 36.7 Å². The standard InChI is InChI=1S/C21H28N4.C2HF3O2/c1-24-13-10-23-21(24)15-25-11-8-16(9-12-25)18-6-7-20(22)19(14-18)17-4-2-3-5-17;3-2(4,5)1(6)7/h4,6-7,10,13-14,16H,2-3,5,8-9,11-12,15,22H2,1H3;(H,6,7). The number of hydrogen-bond donors (Lipinski definition) is 2. The molecule has 1 aromatic heterocycles. The molecule has 4 rings (SSSR count). The summed E-state index contributed by atoms with van der Waals surface area (Å²) in [5, 5.41) is 7.12. The van der Waals surface area contributed by atoms with E-state index in [0.717, 1.165) is 31.1 Å². The number of nitrogens with zero attached hydrogens (tertiary/aromatic N) is 3. The van der Waals surface area contributed by atoms with Gasteiger partial charge in [-0.05, 0) is 74.4 Å². The molecule has 1 aliphatic heterocycles. The predicted molar refractivity (Wildman–Crippen MR) is 117 cm³/mol. The van der Waals surface area contributed by atoms with Crippen LogP contribution in [0.4, 0.5) is 18.9 Å². The Morgan fingerprint density at radius 3 is 2.50 bits per heavy atom. The smallest absolute Gasteiger partial charge is 0.475 e. The van der Waals surface area contributed by atoms with Crippen molar-refractivity contribution in [2.75, 3.05) is 18.8 Å². The number of nitrogens with two attached hydrogens (primary N) is 1. The van der Waals surface area contributed by atoms with Gasteiger partial charge in [0, 0.05) is 30.7 Å². The molecular weight excluding hydrogens is 421 g/mol. The van der Waals surface area contributed by atoms with Gasteiger partial charge in [0.25, 0.3) is 0 Å². The minimum Gasteiger partial charge on any atom is -0.475 e. The average Bonchev–Trinajstić information content (AvgIpc) is 3.41. The SMILES string of the molecule is Cn1ccnc1CN1CCC(c2ccc(N)c(C3=CCCC3)c2)CC1.O=C(O)C(F)(F)F. The number of carboxylic acid groups (broad SMARTS) is 1. The Balaban J connectivity index is 0.000000360. The minimum atomic E-state index is -5.08. The van der Waals surface area contributed by atoms with Gasteiger partial charge in [0.15, 0.2) is 0 Å². The Labute approximate surface area is 185 Å². The molecular formula is C23H29F3N4O2. The van der Waals surface area contributed by atoms with E-state index in [-0.39, 0.29) is 0 Å². The van der Waals surface area contributed by atoms with E-state index in [4.69, 9.17) is 15.6 Å². The molecule has 6 nitrogen and oxygen atoms in total. The zero-order chi connectivity index (χ0) is 23.3. The van der Waals surface area contributed by atoms with Crippen LogP contribution >= 0.6 is 0 Å². The first kappa shape index (κ1) is 23.8. The molecule has 2 aliphatic rings. The fourth-order valence-electron chi connectivity index (χ4n) is 4.19. The number of hydrogen-bond acceptors (Lipinski definition) is 4. The van der Waals surface area contributed by atoms with Crippen molar-refractivity contribution in [2.24, 2.45) is 7.05 Å². The highest BCUT2D eigenvalue weighted by molar-refractivity contribution is 5.76. The number of nitrogen functional groups attached to an aromatic ring is 1. The van der Waals surface area contributed by atoms with Gasteiger partial charge in [-0.3, -0.25) is 4.90 Å². The van der Waals surface area contributed by atoms with Crippen LogP contribution in [0.1, 0.15) is 55.0 Å². The highest BCUT2D eigenvalue weighted by Crippen LogP contribution is 2.35. The number of anilines is 1. The zero-order valence-corrected chi connectivity index (χ0v) is 18.1. The van der Waals surface area contributed by atoms with Gasteiger partial charge in [-0.15, -0.1) is 0 Å². The molecule has 1 aromatic carbocycles. The molecule has 9 heteroatoms. The lowest BCUT2D eigenvalue weighted by atomic mass is 9.87. The third kappa shape index (κ3) is 6.12. The molecule has 3 N–H and O–H groups in total. The van der Waals surface area contributed by atoms with Gasteiger partial charge in [0.1, 0.15) is 5.82 Å². The maximum atomic E-state index is 10.6. The number of alkyl halides is 3. The molecule has 0 atom stereocenters. The summed E-state index contributed by atoms with van der Waals surface area (Å²) in [5.74, 6) is -0.951. The van der Waals surface area contributed by atoms with Gasteiger partial charge in [0.05, 0.1) is 6.54 Å². The summed E-state index contributed by atoms with van der Waals surface area (Å²) in [5.41, 5.74) is 11.4. The zero-order valence-electron chi connectivity index (χ0n) is 18.1. The number of halogens is 3. The maximum absolute atomic E-state index is 10.6. The minimum absolute atomic E-state index is 0.652. The van der Waals surface area contributed by atoms with E-state index in [2.05, 4.69) is 45.8 Å². The van der Waals surface area contributed by atoms with Gasteiger partial charge < -0.3 is 15.4 Å². The van der Waals surface area contributed by atoms with Crippen molar-refractivity contribution in [1.29, 1.82) is 0 Å². The number of rotatable bonds is 4. The molecule has 0 unspecified atom stereocenters. The molecule has 1 aliphatic carbocycles. The Bertz CT molecular complexity index is 960. The molecule has 174 valence electrons. The van der Waals surface area contributed by atoms with Crippen molar-refractivity contribution in [2.45, 2.75) is 50.7 Å². The Morgan fingerprint density at radius 1 is 1.28 bits per heavy atom. The molecule has 2 heterocycles. The Morgan fingerprint density at radius 2 is 1.97 bits per heavy atom. The summed E-state index contributed by atoms with van der Waals surface area (Å²) in [4.78, 5) is 15.9. The lowest BCUT2D eigenvalue weighted by Crippen LogP contribution is -2.33. The van der Waals surface area contributed by atoms with Crippen molar-refractivity contribution in [3.63, 3.8) is 0 Å². The average molecular weight is 451 g/mol. The van der Waals surface area contributed by atoms with Crippen molar-refractivity contribution < 1.29 is 23.1 Å². The van der Waals surface area contributed by atoms with Crippen LogP contribution in [-0.2, 0) is 18.4 Å². The highest BCUT2D eigenvalue weighted by atomic mass is 19.4. The molecule has 0 amide bonds. The number of allylic oxidation sites excluding steroid dienone is 2. The Hall–Kier alpha value is -2.81. The summed E-state index contributed by atoms with van der Waals surface area (Å²) in [7, 11) is 2.07. The summed E-state index contributed by atoms with van der Waals surface area (Å²) in [6.45, 7) is 3.23. The lowest BCUT2D eigenvalue weighted by Gasteiger charge is -2.32. The van der Waals surface area contributed by atoms with E-state index >= 15 is 0 Å². The summed E-state index contributed by atoms with van der Waals surface area (Å²) >= 11 is 0. The monoisotopic (exact) mass is 450 g/mol. The van der Waals surface area contributed by atoms with Crippen LogP contribution in [0.25, 0.3) is 5.57 Å². The van der Waals surface area contributed by atoms with Gasteiger partial charge in [0.2, 0.25) is 0 Å². The molecule has 0 bridgehead atoms. The molecule has 32 heavy (non-hydrogen) atoms. The van der Waals surface area contributed by atoms with E-state index in [1.54, 1.807) is 0 Å². The summed E-state index contributed by atoms with van der Waals surface area (Å²) < 4.78 is 33.9. The highest BCUT2D eigenvalue weighted by Gasteiger charge is 2.38. The summed E-state index contributed by atoms with van der Waals surface area (Å²) in [6.07, 6.45) is 7.26. The largest absolute Gasteiger partial charge is 0.490 e. The molecule has 1 saturated heterocycles. The van der Waals surface area contributed by atoms with E-state index < -0.39 is 12.1 Å². The molecule has 0 spiro atoms. The number of aromatic nitrogens is 2. The first-order valence-corrected chi connectivity index (χ1v) is 10.7. The summed E-state index contributed by atoms with van der Waals surface area (Å²) in [6, 6.07) is 6.73. The second kappa shape index (κ2) is 10.2. The van der Waals surface area contributed by atoms with Crippen LogP contribution in [0.2, 0.25) is 0 Å². The van der Waals surface area contributed by atoms with Gasteiger partial charge >= 0.3 is 12.1 Å². The van der Waals surface area contributed by atoms with E-state index in [9.17, 15) is 13.2 Å². The number of likely N-dealkylation sites (tertiary alicyclic amines) is 1. The van der Waals surface area contributed by atoms with Crippen molar-refractivity contribution in [3.05, 3.63) is 53.6 Å². The number of benzene rings is 1. The second-order valence-corrected chi connectivity index (χ2v) is 8.28. The van der Waals surface area contributed by atoms with Crippen LogP contribution in [0.5, 0.6) is 0 Å². The normalized spacial score (nSPS) is 17.6. The van der Waals surface area contributed by atoms with E-state index in [1.165, 1.54) is 48.8 Å². The van der Waals surface area contributed by atoms with Crippen LogP contribution in [0, 0.1) is 0 Å². The van der Waals surface area contributed by atoms with E-state index in [0.29, 0.717) is 5.92 Å². The second-order valence-electron chi connectivity index (χ2n) is 8.28. The number of piperidine rings is 1. The maximum Gasteiger partial charge on any atom is 0.490 e. The number of aryl methyl sites for hydroxylation is 1. The number of carboxylic acids is 1. The third-order valence-electron chi connectivity index (χ3n) is 6.05. The first-order chi connectivity index (χ1) is 15.1. The predicted octanol–water partition coefficient (Wildman–Crippen LogP) is 4.58. The number of aliphatic carboxylic acids is 1. The lowest BCUT2D eigenvalue weighted by molar-refractivity contribution is -0.192. The molecule has 0 radical (unpaired) electrons. The van der Waals surface area contributed by atoms with Gasteiger partial charge in [-0.25, -0.2) is 9.78 Å². The van der Waals surface area contributed by atoms with Gasteiger partial charge in [-0.1, -0.05) is 12.1 Å². The van der Waals surface area contributed by atoms with Crippen molar-refractivity contribution in [3.8, 4) is 0 Å². The Kier molecular flexibility index (Phi) is 7.60. The number of imidazole rings is 1. The van der Waals surface area contributed by atoms with E-state index in [1.807, 2.05) is 12.4 Å². The van der Waals surface area contributed by atoms with Gasteiger partial charge in [-0.2, -0.15) is 13.2 Å². The van der Waals surface area contributed by atoms with Crippen LogP contribution < -0.4 is 5.73 Å². The number of carbonyl (C=O) groups is 1. The molecule has 0 saturated carbocycles. The van der Waals surface area contributed by atoms with Crippen LogP contribution in [-0.4, -0.2) is 44.8 Å². The van der Waals surface area contributed by atoms with Crippen molar-refractivity contribution >= 4 is 17.2 Å². The third-order valence-corrected chi connectivity index (χ3v) is 6.05. The first-order valence-electron chi connectivity index (χ1n) is 10.7. The quantitative estimate of drug-likeness (QED) is 0.666. The molecule has 1 fully saturated rings. The van der Waals surface area contributed by atoms with Crippen LogP contribution in [0.3, 0.4) is 0 Å². The van der Waals surface area contributed by atoms with Crippen molar-refractivity contribution in [1.82, 2.24) is 14.5 Å². The molecule has 2 aromatic rings. The topological polar surface area (TPSA) is 84.4 Å².